The van der Waals surface area contributed by atoms with Crippen molar-refractivity contribution in [3.63, 3.8) is 0 Å². The van der Waals surface area contributed by atoms with E-state index in [0.29, 0.717) is 0 Å². The van der Waals surface area contributed by atoms with Gasteiger partial charge in [-0.2, -0.15) is 13.2 Å². The first-order valence-corrected chi connectivity index (χ1v) is 11.5. The number of fused-ring (bicyclic) bond motifs is 3. The van der Waals surface area contributed by atoms with Crippen LogP contribution in [0.3, 0.4) is 0 Å². The number of alkyl halides is 3. The summed E-state index contributed by atoms with van der Waals surface area (Å²) in [5, 5.41) is 13.7. The predicted molar refractivity (Wildman–Crippen MR) is 116 cm³/mol. The predicted octanol–water partition coefficient (Wildman–Crippen LogP) is 4.34. The molecule has 2 atom stereocenters. The number of halogens is 3. The van der Waals surface area contributed by atoms with Gasteiger partial charge in [-0.3, -0.25) is 0 Å². The Balaban J connectivity index is 1.38. The molecule has 0 aliphatic heterocycles. The molecule has 32 heavy (non-hydrogen) atoms. The molecule has 4 N–H and O–H groups in total. The minimum absolute atomic E-state index is 0.0793. The summed E-state index contributed by atoms with van der Waals surface area (Å²) in [6.45, 7) is 0.00916. The highest BCUT2D eigenvalue weighted by Gasteiger charge is 2.31. The molecule has 0 saturated carbocycles. The molecule has 0 aromatic heterocycles. The first-order valence-electron chi connectivity index (χ1n) is 9.97. The van der Waals surface area contributed by atoms with Crippen LogP contribution in [0.4, 0.5) is 13.2 Å². The molecule has 2 unspecified atom stereocenters. The van der Waals surface area contributed by atoms with Crippen LogP contribution in [0.2, 0.25) is 0 Å². The summed E-state index contributed by atoms with van der Waals surface area (Å²) in [5.74, 6) is 0. The van der Waals surface area contributed by atoms with Crippen LogP contribution in [0.5, 0.6) is 0 Å². The Morgan fingerprint density at radius 3 is 1.97 bits per heavy atom. The van der Waals surface area contributed by atoms with Gasteiger partial charge in [-0.05, 0) is 46.5 Å². The minimum Gasteiger partial charge on any atom is -0.390 e. The molecule has 0 saturated heterocycles. The molecule has 5 nitrogen and oxygen atoms in total. The second-order valence-corrected chi connectivity index (χ2v) is 9.47. The van der Waals surface area contributed by atoms with Crippen LogP contribution in [0.15, 0.2) is 77.7 Å². The maximum atomic E-state index is 12.7. The Bertz CT molecular complexity index is 1170. The molecule has 0 spiro atoms. The third-order valence-corrected chi connectivity index (χ3v) is 6.94. The third-order valence-electron chi connectivity index (χ3n) is 5.43. The summed E-state index contributed by atoms with van der Waals surface area (Å²) in [6, 6.07) is 19.5. The average Bonchev–Trinajstić information content (AvgIpc) is 3.10. The number of aliphatic hydroxyl groups excluding tert-OH is 1. The highest BCUT2D eigenvalue weighted by Crippen LogP contribution is 2.42. The normalized spacial score (nSPS) is 16.2. The first kappa shape index (κ1) is 22.5. The molecule has 3 aromatic rings. The third kappa shape index (κ3) is 4.56. The summed E-state index contributed by atoms with van der Waals surface area (Å²) in [5.41, 5.74) is 3.58. The molecule has 3 aromatic carbocycles. The molecule has 4 rings (SSSR count). The van der Waals surface area contributed by atoms with Crippen LogP contribution in [0, 0.1) is 4.78 Å². The van der Waals surface area contributed by atoms with E-state index < -0.39 is 27.8 Å². The summed E-state index contributed by atoms with van der Waals surface area (Å²) >= 11 is 0. The fourth-order valence-corrected chi connectivity index (χ4v) is 4.95. The Hall–Kier alpha value is -2.72. The van der Waals surface area contributed by atoms with Crippen molar-refractivity contribution in [2.24, 2.45) is 0 Å². The van der Waals surface area contributed by atoms with Gasteiger partial charge in [0.15, 0.2) is 0 Å². The van der Waals surface area contributed by atoms with Gasteiger partial charge in [-0.25, -0.2) is 13.7 Å². The molecule has 1 aliphatic rings. The summed E-state index contributed by atoms with van der Waals surface area (Å²) in [7, 11) is -3.56. The van der Waals surface area contributed by atoms with Gasteiger partial charge < -0.3 is 10.4 Å². The zero-order valence-electron chi connectivity index (χ0n) is 16.9. The van der Waals surface area contributed by atoms with Crippen LogP contribution >= 0.6 is 0 Å². The fraction of sp³-hybridized carbons (Fsp3) is 0.217. The highest BCUT2D eigenvalue weighted by molar-refractivity contribution is 7.90. The number of nitrogens with one attached hydrogen (secondary N) is 3. The van der Waals surface area contributed by atoms with Gasteiger partial charge in [0.25, 0.3) is 0 Å². The number of rotatable bonds is 7. The lowest BCUT2D eigenvalue weighted by Crippen LogP contribution is -2.38. The Labute approximate surface area is 184 Å². The van der Waals surface area contributed by atoms with Crippen molar-refractivity contribution in [2.45, 2.75) is 23.2 Å². The van der Waals surface area contributed by atoms with Crippen LogP contribution < -0.4 is 10.0 Å². The van der Waals surface area contributed by atoms with E-state index in [2.05, 4.69) is 10.0 Å². The molecule has 0 fully saturated rings. The second kappa shape index (κ2) is 8.67. The van der Waals surface area contributed by atoms with E-state index in [-0.39, 0.29) is 24.0 Å². The van der Waals surface area contributed by atoms with Gasteiger partial charge in [0.2, 0.25) is 0 Å². The molecule has 0 bridgehead atoms. The zero-order valence-corrected chi connectivity index (χ0v) is 17.7. The molecular formula is C23H22F3N3O2S. The zero-order chi connectivity index (χ0) is 22.9. The number of benzene rings is 3. The minimum atomic E-state index is -4.51. The summed E-state index contributed by atoms with van der Waals surface area (Å²) in [6.07, 6.45) is -5.47. The van der Waals surface area contributed by atoms with Crippen molar-refractivity contribution < 1.29 is 22.5 Å². The Morgan fingerprint density at radius 1 is 0.906 bits per heavy atom. The molecule has 9 heteroatoms. The smallest absolute Gasteiger partial charge is 0.390 e. The lowest BCUT2D eigenvalue weighted by Gasteiger charge is -2.20. The standard InChI is InChI=1S/C23H22F3N3O2S/c24-23(25,26)15-9-11-17(12-10-15)32(27,31)29-14-16(30)13-28-22-20-7-3-1-5-18(20)19-6-2-4-8-21(19)22/h1-12,16,22,28,30H,13-14H2,(H2,27,29,31). The van der Waals surface area contributed by atoms with E-state index in [4.69, 9.17) is 4.78 Å². The maximum Gasteiger partial charge on any atom is 0.416 e. The highest BCUT2D eigenvalue weighted by atomic mass is 32.2. The number of hydrogen-bond donors (Lipinski definition) is 4. The van der Waals surface area contributed by atoms with E-state index in [1.54, 1.807) is 0 Å². The van der Waals surface area contributed by atoms with Crippen molar-refractivity contribution in [2.75, 3.05) is 13.1 Å². The summed E-state index contributed by atoms with van der Waals surface area (Å²) in [4.78, 5) is -0.0793. The second-order valence-electron chi connectivity index (χ2n) is 7.60. The van der Waals surface area contributed by atoms with E-state index in [1.807, 2.05) is 48.5 Å². The van der Waals surface area contributed by atoms with Crippen molar-refractivity contribution in [3.8, 4) is 11.1 Å². The molecule has 0 amide bonds. The van der Waals surface area contributed by atoms with Crippen molar-refractivity contribution in [1.29, 1.82) is 4.78 Å². The molecule has 1 aliphatic carbocycles. The van der Waals surface area contributed by atoms with Gasteiger partial charge in [-0.15, -0.1) is 0 Å². The average molecular weight is 462 g/mol. The number of aliphatic hydroxyl groups is 1. The van der Waals surface area contributed by atoms with Gasteiger partial charge in [-0.1, -0.05) is 48.5 Å². The molecular weight excluding hydrogens is 439 g/mol. The lowest BCUT2D eigenvalue weighted by atomic mass is 10.1. The van der Waals surface area contributed by atoms with E-state index >= 15 is 0 Å². The van der Waals surface area contributed by atoms with E-state index in [0.717, 1.165) is 46.5 Å². The van der Waals surface area contributed by atoms with E-state index in [1.165, 1.54) is 0 Å². The van der Waals surface area contributed by atoms with Crippen molar-refractivity contribution in [1.82, 2.24) is 10.0 Å². The largest absolute Gasteiger partial charge is 0.416 e. The molecule has 168 valence electrons. The SMILES string of the molecule is N=S(=O)(NCC(O)CNC1c2ccccc2-c2ccccc21)c1ccc(C(F)(F)F)cc1. The van der Waals surface area contributed by atoms with Crippen LogP contribution in [0.25, 0.3) is 11.1 Å². The summed E-state index contributed by atoms with van der Waals surface area (Å²) < 4.78 is 61.1. The van der Waals surface area contributed by atoms with Gasteiger partial charge in [0, 0.05) is 13.1 Å². The first-order chi connectivity index (χ1) is 15.2. The van der Waals surface area contributed by atoms with Gasteiger partial charge >= 0.3 is 6.18 Å². The van der Waals surface area contributed by atoms with Crippen LogP contribution in [0.1, 0.15) is 22.7 Å². The Morgan fingerprint density at radius 2 is 1.44 bits per heavy atom. The van der Waals surface area contributed by atoms with Crippen LogP contribution in [-0.2, 0) is 16.1 Å². The topological polar surface area (TPSA) is 85.2 Å². The molecule has 0 heterocycles. The van der Waals surface area contributed by atoms with Crippen molar-refractivity contribution >= 4 is 9.92 Å². The van der Waals surface area contributed by atoms with Crippen molar-refractivity contribution in [3.05, 3.63) is 89.5 Å². The number of hydrogen-bond acceptors (Lipinski definition) is 4. The fourth-order valence-electron chi connectivity index (χ4n) is 3.83. The van der Waals surface area contributed by atoms with Crippen LogP contribution in [-0.4, -0.2) is 28.5 Å². The van der Waals surface area contributed by atoms with Gasteiger partial charge in [0.05, 0.1) is 22.6 Å². The monoisotopic (exact) mass is 461 g/mol. The van der Waals surface area contributed by atoms with E-state index in [9.17, 15) is 22.5 Å². The Kier molecular flexibility index (Phi) is 6.09. The molecule has 0 radical (unpaired) electrons. The maximum absolute atomic E-state index is 12.7. The van der Waals surface area contributed by atoms with Gasteiger partial charge in [0.1, 0.15) is 9.92 Å². The quantitative estimate of drug-likeness (QED) is 0.422. The lowest BCUT2D eigenvalue weighted by molar-refractivity contribution is -0.137.